The van der Waals surface area contributed by atoms with Crippen LogP contribution < -0.4 is 0 Å². The van der Waals surface area contributed by atoms with Gasteiger partial charge in [0.15, 0.2) is 0 Å². The van der Waals surface area contributed by atoms with Crippen LogP contribution in [0, 0.1) is 0 Å². The van der Waals surface area contributed by atoms with E-state index in [1.54, 1.807) is 12.1 Å². The Labute approximate surface area is 137 Å². The number of carboxylic acids is 1. The summed E-state index contributed by atoms with van der Waals surface area (Å²) in [7, 11) is 3.00. The highest BCUT2D eigenvalue weighted by Crippen LogP contribution is 2.00. The minimum Gasteiger partial charge on any atom is -0.478 e. The van der Waals surface area contributed by atoms with Gasteiger partial charge in [0.25, 0.3) is 0 Å². The van der Waals surface area contributed by atoms with Crippen LogP contribution in [-0.2, 0) is 9.53 Å². The van der Waals surface area contributed by atoms with E-state index in [0.717, 1.165) is 33.8 Å². The standard InChI is InChI=1S/C10H12O2.C3H4O2.3CH4O/c1-2-8-12-10(11)9-6-4-3-5-7-9;1-2-3(4)5;3*1-2/h3-7H,2,8H2,1H3;2H,1H2,(H,4,5);3*2H,1H3. The highest BCUT2D eigenvalue weighted by Gasteiger charge is 2.03. The molecule has 0 spiro atoms. The van der Waals surface area contributed by atoms with Crippen molar-refractivity contribution in [3.8, 4) is 0 Å². The van der Waals surface area contributed by atoms with Gasteiger partial charge >= 0.3 is 11.9 Å². The summed E-state index contributed by atoms with van der Waals surface area (Å²) in [5.41, 5.74) is 0.617. The molecule has 1 aromatic rings. The molecule has 0 aliphatic heterocycles. The Morgan fingerprint density at radius 1 is 1.04 bits per heavy atom. The summed E-state index contributed by atoms with van der Waals surface area (Å²) in [6.07, 6.45) is 1.69. The molecule has 23 heavy (non-hydrogen) atoms. The summed E-state index contributed by atoms with van der Waals surface area (Å²) in [5, 5.41) is 28.6. The number of hydrogen-bond acceptors (Lipinski definition) is 6. The number of aliphatic carboxylic acids is 1. The Kier molecular flexibility index (Phi) is 35.2. The van der Waals surface area contributed by atoms with Crippen LogP contribution in [0.1, 0.15) is 23.7 Å². The predicted molar refractivity (Wildman–Crippen MR) is 89.3 cm³/mol. The van der Waals surface area contributed by atoms with E-state index in [0.29, 0.717) is 12.2 Å². The van der Waals surface area contributed by atoms with Gasteiger partial charge in [-0.3, -0.25) is 0 Å². The van der Waals surface area contributed by atoms with Crippen molar-refractivity contribution in [1.29, 1.82) is 0 Å². The lowest BCUT2D eigenvalue weighted by molar-refractivity contribution is -0.131. The van der Waals surface area contributed by atoms with Crippen molar-refractivity contribution in [2.24, 2.45) is 0 Å². The van der Waals surface area contributed by atoms with E-state index in [9.17, 15) is 9.59 Å². The molecular weight excluding hydrogens is 304 g/mol. The van der Waals surface area contributed by atoms with E-state index in [-0.39, 0.29) is 5.97 Å². The van der Waals surface area contributed by atoms with Crippen LogP contribution in [0.4, 0.5) is 0 Å². The summed E-state index contributed by atoms with van der Waals surface area (Å²) in [4.78, 5) is 20.4. The first-order chi connectivity index (χ1) is 11.1. The smallest absolute Gasteiger partial charge is 0.338 e. The molecule has 0 radical (unpaired) electrons. The summed E-state index contributed by atoms with van der Waals surface area (Å²) in [6.45, 7) is 5.42. The van der Waals surface area contributed by atoms with E-state index in [1.165, 1.54) is 0 Å². The molecule has 0 bridgehead atoms. The topological polar surface area (TPSA) is 124 Å². The Morgan fingerprint density at radius 2 is 1.43 bits per heavy atom. The number of aliphatic hydroxyl groups excluding tert-OH is 3. The number of esters is 1. The fourth-order valence-corrected chi connectivity index (χ4v) is 0.852. The highest BCUT2D eigenvalue weighted by atomic mass is 16.5. The van der Waals surface area contributed by atoms with Crippen LogP contribution in [0.15, 0.2) is 43.0 Å². The zero-order valence-electron chi connectivity index (χ0n) is 14.1. The molecule has 7 nitrogen and oxygen atoms in total. The van der Waals surface area contributed by atoms with Gasteiger partial charge in [0, 0.05) is 27.4 Å². The Bertz CT molecular complexity index is 364. The molecule has 0 aliphatic rings. The van der Waals surface area contributed by atoms with Gasteiger partial charge in [-0.05, 0) is 18.6 Å². The third-order valence-electron chi connectivity index (χ3n) is 1.62. The minimum absolute atomic E-state index is 0.238. The monoisotopic (exact) mass is 332 g/mol. The van der Waals surface area contributed by atoms with Crippen LogP contribution in [-0.4, -0.2) is 60.3 Å². The average molecular weight is 332 g/mol. The lowest BCUT2D eigenvalue weighted by atomic mass is 10.2. The maximum atomic E-state index is 11.2. The molecule has 0 saturated heterocycles. The molecule has 0 fully saturated rings. The van der Waals surface area contributed by atoms with Gasteiger partial charge in [-0.1, -0.05) is 31.7 Å². The van der Waals surface area contributed by atoms with Gasteiger partial charge < -0.3 is 25.2 Å². The van der Waals surface area contributed by atoms with E-state index in [1.807, 2.05) is 25.1 Å². The lowest BCUT2D eigenvalue weighted by Crippen LogP contribution is -2.05. The fraction of sp³-hybridized carbons (Fsp3) is 0.375. The first-order valence-corrected chi connectivity index (χ1v) is 6.53. The third-order valence-corrected chi connectivity index (χ3v) is 1.62. The van der Waals surface area contributed by atoms with Crippen molar-refractivity contribution in [3.05, 3.63) is 48.6 Å². The number of carboxylic acid groups (broad SMARTS) is 1. The second-order valence-corrected chi connectivity index (χ2v) is 3.04. The number of aliphatic hydroxyl groups is 3. The van der Waals surface area contributed by atoms with E-state index in [4.69, 9.17) is 25.2 Å². The van der Waals surface area contributed by atoms with Crippen LogP contribution in [0.25, 0.3) is 0 Å². The minimum atomic E-state index is -0.981. The van der Waals surface area contributed by atoms with Gasteiger partial charge in [0.2, 0.25) is 0 Å². The molecule has 1 aromatic carbocycles. The Hall–Kier alpha value is -2.22. The van der Waals surface area contributed by atoms with E-state index in [2.05, 4.69) is 6.58 Å². The molecular formula is C16H28O7. The van der Waals surface area contributed by atoms with E-state index >= 15 is 0 Å². The van der Waals surface area contributed by atoms with Gasteiger partial charge in [0.05, 0.1) is 12.2 Å². The maximum Gasteiger partial charge on any atom is 0.338 e. The Balaban J connectivity index is -0.000000138. The number of hydrogen-bond donors (Lipinski definition) is 4. The summed E-state index contributed by atoms with van der Waals surface area (Å²) in [6, 6.07) is 9.01. The zero-order chi connectivity index (χ0) is 19.1. The molecule has 0 heterocycles. The molecule has 0 aliphatic carbocycles. The maximum absolute atomic E-state index is 11.2. The van der Waals surface area contributed by atoms with Gasteiger partial charge in [-0.2, -0.15) is 0 Å². The van der Waals surface area contributed by atoms with Crippen molar-refractivity contribution in [2.75, 3.05) is 27.9 Å². The van der Waals surface area contributed by atoms with Crippen LogP contribution >= 0.6 is 0 Å². The molecule has 0 saturated carbocycles. The first-order valence-electron chi connectivity index (χ1n) is 6.53. The number of ether oxygens (including phenoxy) is 1. The SMILES string of the molecule is C=CC(=O)O.CCCOC(=O)c1ccccc1.CO.CO.CO. The van der Waals surface area contributed by atoms with Crippen molar-refractivity contribution in [3.63, 3.8) is 0 Å². The quantitative estimate of drug-likeness (QED) is 0.484. The fourth-order valence-electron chi connectivity index (χ4n) is 0.852. The van der Waals surface area contributed by atoms with Crippen LogP contribution in [0.3, 0.4) is 0 Å². The summed E-state index contributed by atoms with van der Waals surface area (Å²) < 4.78 is 4.94. The largest absolute Gasteiger partial charge is 0.478 e. The van der Waals surface area contributed by atoms with Crippen molar-refractivity contribution >= 4 is 11.9 Å². The second-order valence-electron chi connectivity index (χ2n) is 3.04. The molecule has 4 N–H and O–H groups in total. The second kappa shape index (κ2) is 28.0. The number of carbonyl (C=O) groups excluding carboxylic acids is 1. The average Bonchev–Trinajstić information content (AvgIpc) is 2.65. The molecule has 0 amide bonds. The van der Waals surface area contributed by atoms with E-state index < -0.39 is 5.97 Å². The molecule has 0 atom stereocenters. The van der Waals surface area contributed by atoms with Gasteiger partial charge in [0.1, 0.15) is 0 Å². The summed E-state index contributed by atoms with van der Waals surface area (Å²) in [5.74, 6) is -1.22. The lowest BCUT2D eigenvalue weighted by Gasteiger charge is -2.01. The first kappa shape index (κ1) is 28.9. The van der Waals surface area contributed by atoms with Crippen molar-refractivity contribution < 1.29 is 34.8 Å². The molecule has 134 valence electrons. The molecule has 7 heteroatoms. The number of benzene rings is 1. The molecule has 0 unspecified atom stereocenters. The van der Waals surface area contributed by atoms with Crippen LogP contribution in [0.2, 0.25) is 0 Å². The van der Waals surface area contributed by atoms with Gasteiger partial charge in [-0.25, -0.2) is 9.59 Å². The van der Waals surface area contributed by atoms with Gasteiger partial charge in [-0.15, -0.1) is 0 Å². The van der Waals surface area contributed by atoms with Crippen LogP contribution in [0.5, 0.6) is 0 Å². The van der Waals surface area contributed by atoms with Crippen molar-refractivity contribution in [1.82, 2.24) is 0 Å². The number of rotatable bonds is 4. The number of carbonyl (C=O) groups is 2. The molecule has 1 rings (SSSR count). The predicted octanol–water partition coefficient (Wildman–Crippen LogP) is 1.34. The normalized spacial score (nSPS) is 7.09. The Morgan fingerprint density at radius 3 is 1.74 bits per heavy atom. The van der Waals surface area contributed by atoms with Crippen molar-refractivity contribution in [2.45, 2.75) is 13.3 Å². The zero-order valence-corrected chi connectivity index (χ0v) is 14.1. The third kappa shape index (κ3) is 25.1. The molecule has 0 aromatic heterocycles. The highest BCUT2D eigenvalue weighted by molar-refractivity contribution is 5.89. The summed E-state index contributed by atoms with van der Waals surface area (Å²) >= 11 is 0.